The highest BCUT2D eigenvalue weighted by molar-refractivity contribution is 5.85. The highest BCUT2D eigenvalue weighted by Gasteiger charge is 2.51. The van der Waals surface area contributed by atoms with Gasteiger partial charge in [0.15, 0.2) is 0 Å². The van der Waals surface area contributed by atoms with Gasteiger partial charge < -0.3 is 5.11 Å². The van der Waals surface area contributed by atoms with Gasteiger partial charge in [0, 0.05) is 5.56 Å². The third-order valence-corrected chi connectivity index (χ3v) is 5.98. The summed E-state index contributed by atoms with van der Waals surface area (Å²) in [7, 11) is 0. The highest BCUT2D eigenvalue weighted by atomic mass is 19.1. The molecule has 1 N–H and O–H groups in total. The fourth-order valence-corrected chi connectivity index (χ4v) is 4.29. The van der Waals surface area contributed by atoms with Gasteiger partial charge in [-0.1, -0.05) is 55.7 Å². The maximum absolute atomic E-state index is 14.9. The second-order valence-electron chi connectivity index (χ2n) is 7.50. The van der Waals surface area contributed by atoms with E-state index in [1.165, 1.54) is 43.7 Å². The van der Waals surface area contributed by atoms with Gasteiger partial charge in [0.05, 0.1) is 5.41 Å². The Hall–Kier alpha value is -2.16. The van der Waals surface area contributed by atoms with Crippen LogP contribution in [0.4, 0.5) is 4.39 Å². The first-order valence-corrected chi connectivity index (χ1v) is 9.24. The van der Waals surface area contributed by atoms with Crippen molar-refractivity contribution in [1.29, 1.82) is 0 Å². The molecule has 2 fully saturated rings. The zero-order valence-corrected chi connectivity index (χ0v) is 14.3. The number of carboxylic acids is 1. The Bertz CT molecular complexity index is 801. The van der Waals surface area contributed by atoms with E-state index < -0.39 is 11.4 Å². The summed E-state index contributed by atoms with van der Waals surface area (Å²) >= 11 is 0. The fourth-order valence-electron chi connectivity index (χ4n) is 4.29. The van der Waals surface area contributed by atoms with E-state index in [-0.39, 0.29) is 5.82 Å². The highest BCUT2D eigenvalue weighted by Crippen LogP contribution is 2.49. The first kappa shape index (κ1) is 16.3. The van der Waals surface area contributed by atoms with E-state index >= 15 is 0 Å². The number of benzene rings is 2. The van der Waals surface area contributed by atoms with E-state index in [0.717, 1.165) is 5.56 Å². The van der Waals surface area contributed by atoms with Gasteiger partial charge in [-0.25, -0.2) is 4.39 Å². The van der Waals surface area contributed by atoms with Crippen molar-refractivity contribution in [3.8, 4) is 11.1 Å². The van der Waals surface area contributed by atoms with E-state index in [1.807, 2.05) is 18.2 Å². The normalized spacial score (nSPS) is 19.6. The molecular weight excluding hydrogens is 315 g/mol. The lowest BCUT2D eigenvalue weighted by atomic mass is 9.80. The molecule has 0 aliphatic heterocycles. The quantitative estimate of drug-likeness (QED) is 0.781. The standard InChI is InChI=1S/C22H23FO2/c23-20-14-16(22(12-13-22)21(24)25)10-11-19(20)18-9-5-4-8-17(18)15-6-2-1-3-7-15/h4-5,8-11,14-15H,1-3,6-7,12-13H2,(H,24,25). The first-order valence-electron chi connectivity index (χ1n) is 9.24. The van der Waals surface area contributed by atoms with Crippen molar-refractivity contribution in [2.75, 3.05) is 0 Å². The van der Waals surface area contributed by atoms with Crippen LogP contribution in [0.2, 0.25) is 0 Å². The summed E-state index contributed by atoms with van der Waals surface area (Å²) in [5.74, 6) is -0.659. The summed E-state index contributed by atoms with van der Waals surface area (Å²) in [6.45, 7) is 0. The van der Waals surface area contributed by atoms with Gasteiger partial charge in [0.1, 0.15) is 5.82 Å². The number of rotatable bonds is 4. The van der Waals surface area contributed by atoms with Crippen LogP contribution in [0.5, 0.6) is 0 Å². The van der Waals surface area contributed by atoms with Crippen LogP contribution < -0.4 is 0 Å². The lowest BCUT2D eigenvalue weighted by Crippen LogP contribution is -2.19. The minimum absolute atomic E-state index is 0.312. The molecule has 0 heterocycles. The van der Waals surface area contributed by atoms with Crippen LogP contribution in [0.25, 0.3) is 11.1 Å². The number of halogens is 1. The zero-order chi connectivity index (χ0) is 17.4. The molecule has 0 spiro atoms. The maximum Gasteiger partial charge on any atom is 0.314 e. The van der Waals surface area contributed by atoms with Crippen molar-refractivity contribution in [2.24, 2.45) is 0 Å². The number of aliphatic carboxylic acids is 1. The summed E-state index contributed by atoms with van der Waals surface area (Å²) in [4.78, 5) is 11.5. The smallest absolute Gasteiger partial charge is 0.314 e. The van der Waals surface area contributed by atoms with Crippen molar-refractivity contribution in [1.82, 2.24) is 0 Å². The average molecular weight is 338 g/mol. The minimum Gasteiger partial charge on any atom is -0.481 e. The Labute approximate surface area is 147 Å². The van der Waals surface area contributed by atoms with E-state index in [4.69, 9.17) is 0 Å². The van der Waals surface area contributed by atoms with Crippen LogP contribution in [-0.2, 0) is 10.2 Å². The van der Waals surface area contributed by atoms with E-state index in [0.29, 0.717) is 29.9 Å². The average Bonchev–Trinajstić information content (AvgIpc) is 3.45. The lowest BCUT2D eigenvalue weighted by molar-refractivity contribution is -0.140. The van der Waals surface area contributed by atoms with E-state index in [1.54, 1.807) is 12.1 Å². The molecule has 2 saturated carbocycles. The second kappa shape index (κ2) is 6.29. The van der Waals surface area contributed by atoms with Gasteiger partial charge in [-0.3, -0.25) is 4.79 Å². The number of carboxylic acid groups (broad SMARTS) is 1. The lowest BCUT2D eigenvalue weighted by Gasteiger charge is -2.24. The monoisotopic (exact) mass is 338 g/mol. The summed E-state index contributed by atoms with van der Waals surface area (Å²) in [5.41, 5.74) is 2.51. The molecule has 130 valence electrons. The molecule has 0 unspecified atom stereocenters. The minimum atomic E-state index is -0.859. The number of hydrogen-bond acceptors (Lipinski definition) is 1. The van der Waals surface area contributed by atoms with Gasteiger partial charge >= 0.3 is 5.97 Å². The van der Waals surface area contributed by atoms with Crippen molar-refractivity contribution in [2.45, 2.75) is 56.3 Å². The van der Waals surface area contributed by atoms with Gasteiger partial charge in [-0.15, -0.1) is 0 Å². The van der Waals surface area contributed by atoms with Crippen molar-refractivity contribution in [3.63, 3.8) is 0 Å². The van der Waals surface area contributed by atoms with Gasteiger partial charge in [-0.05, 0) is 54.4 Å². The molecule has 2 nitrogen and oxygen atoms in total. The van der Waals surface area contributed by atoms with Gasteiger partial charge in [-0.2, -0.15) is 0 Å². The predicted octanol–water partition coefficient (Wildman–Crippen LogP) is 5.66. The number of carbonyl (C=O) groups is 1. The van der Waals surface area contributed by atoms with Crippen LogP contribution in [0.15, 0.2) is 42.5 Å². The second-order valence-corrected chi connectivity index (χ2v) is 7.50. The summed E-state index contributed by atoms with van der Waals surface area (Å²) in [6.07, 6.45) is 7.29. The Morgan fingerprint density at radius 1 is 1.00 bits per heavy atom. The van der Waals surface area contributed by atoms with Crippen LogP contribution in [0.1, 0.15) is 62.0 Å². The molecule has 4 rings (SSSR count). The molecule has 0 atom stereocenters. The SMILES string of the molecule is O=C(O)C1(c2ccc(-c3ccccc3C3CCCCC3)c(F)c2)CC1. The number of hydrogen-bond donors (Lipinski definition) is 1. The van der Waals surface area contributed by atoms with Crippen LogP contribution >= 0.6 is 0 Å². The Kier molecular flexibility index (Phi) is 4.10. The van der Waals surface area contributed by atoms with Gasteiger partial charge in [0.25, 0.3) is 0 Å². The molecular formula is C22H23FO2. The third-order valence-electron chi connectivity index (χ3n) is 5.98. The summed E-state index contributed by atoms with van der Waals surface area (Å²) in [5, 5.41) is 9.43. The molecule has 2 aliphatic rings. The molecule has 2 aliphatic carbocycles. The fraction of sp³-hybridized carbons (Fsp3) is 0.409. The van der Waals surface area contributed by atoms with E-state index in [9.17, 15) is 14.3 Å². The summed E-state index contributed by atoms with van der Waals surface area (Å²) in [6, 6.07) is 13.1. The van der Waals surface area contributed by atoms with Crippen molar-refractivity contribution >= 4 is 5.97 Å². The first-order chi connectivity index (χ1) is 12.1. The van der Waals surface area contributed by atoms with E-state index in [2.05, 4.69) is 6.07 Å². The molecule has 0 aromatic heterocycles. The zero-order valence-electron chi connectivity index (χ0n) is 14.3. The molecule has 2 aromatic carbocycles. The maximum atomic E-state index is 14.9. The Morgan fingerprint density at radius 2 is 1.72 bits per heavy atom. The van der Waals surface area contributed by atoms with Crippen molar-refractivity contribution < 1.29 is 14.3 Å². The van der Waals surface area contributed by atoms with Crippen LogP contribution in [-0.4, -0.2) is 11.1 Å². The van der Waals surface area contributed by atoms with Gasteiger partial charge in [0.2, 0.25) is 0 Å². The molecule has 0 bridgehead atoms. The molecule has 0 amide bonds. The largest absolute Gasteiger partial charge is 0.481 e. The topological polar surface area (TPSA) is 37.3 Å². The Morgan fingerprint density at radius 3 is 2.36 bits per heavy atom. The molecule has 3 heteroatoms. The molecule has 0 radical (unpaired) electrons. The van der Waals surface area contributed by atoms with Crippen LogP contribution in [0, 0.1) is 5.82 Å². The van der Waals surface area contributed by atoms with Crippen LogP contribution in [0.3, 0.4) is 0 Å². The predicted molar refractivity (Wildman–Crippen MR) is 96.2 cm³/mol. The Balaban J connectivity index is 1.72. The summed E-state index contributed by atoms with van der Waals surface area (Å²) < 4.78 is 14.9. The molecule has 0 saturated heterocycles. The molecule has 25 heavy (non-hydrogen) atoms. The molecule has 2 aromatic rings. The van der Waals surface area contributed by atoms with Crippen molar-refractivity contribution in [3.05, 3.63) is 59.4 Å². The third kappa shape index (κ3) is 2.86.